The zero-order valence-electron chi connectivity index (χ0n) is 13.9. The normalized spacial score (nSPS) is 15.4. The average Bonchev–Trinajstić information content (AvgIpc) is 2.55. The SMILES string of the molecule is Cc1ccccc1C1CCN(C(=O)CCCCNC(N)=O)CC1. The predicted octanol–water partition coefficient (Wildman–Crippen LogP) is 2.54. The number of benzene rings is 1. The van der Waals surface area contributed by atoms with Crippen LogP contribution in [0.5, 0.6) is 0 Å². The smallest absolute Gasteiger partial charge is 0.312 e. The van der Waals surface area contributed by atoms with Crippen molar-refractivity contribution >= 4 is 11.9 Å². The van der Waals surface area contributed by atoms with Crippen LogP contribution in [0.15, 0.2) is 24.3 Å². The first-order valence-electron chi connectivity index (χ1n) is 8.44. The van der Waals surface area contributed by atoms with Crippen LogP contribution in [0.1, 0.15) is 49.1 Å². The number of hydrogen-bond acceptors (Lipinski definition) is 2. The van der Waals surface area contributed by atoms with Crippen LogP contribution in [0.3, 0.4) is 0 Å². The Balaban J connectivity index is 1.70. The van der Waals surface area contributed by atoms with Crippen LogP contribution in [-0.2, 0) is 4.79 Å². The molecule has 0 bridgehead atoms. The predicted molar refractivity (Wildman–Crippen MR) is 91.2 cm³/mol. The highest BCUT2D eigenvalue weighted by atomic mass is 16.2. The standard InChI is InChI=1S/C18H27N3O2/c1-14-6-2-3-7-16(14)15-9-12-21(13-10-15)17(22)8-4-5-11-20-18(19)23/h2-3,6-7,15H,4-5,8-13H2,1H3,(H3,19,20,23). The van der Waals surface area contributed by atoms with Crippen molar-refractivity contribution in [3.8, 4) is 0 Å². The lowest BCUT2D eigenvalue weighted by molar-refractivity contribution is -0.132. The number of carbonyl (C=O) groups is 2. The van der Waals surface area contributed by atoms with Crippen LogP contribution in [0.4, 0.5) is 4.79 Å². The molecule has 1 aliphatic heterocycles. The second-order valence-electron chi connectivity index (χ2n) is 6.26. The summed E-state index contributed by atoms with van der Waals surface area (Å²) in [6, 6.07) is 8.04. The molecule has 0 unspecified atom stereocenters. The minimum atomic E-state index is -0.505. The van der Waals surface area contributed by atoms with Crippen molar-refractivity contribution < 1.29 is 9.59 Å². The fraction of sp³-hybridized carbons (Fsp3) is 0.556. The zero-order chi connectivity index (χ0) is 16.7. The van der Waals surface area contributed by atoms with E-state index in [1.54, 1.807) is 0 Å². The number of aryl methyl sites for hydroxylation is 1. The molecule has 23 heavy (non-hydrogen) atoms. The van der Waals surface area contributed by atoms with Crippen LogP contribution >= 0.6 is 0 Å². The van der Waals surface area contributed by atoms with Gasteiger partial charge in [0.05, 0.1) is 0 Å². The van der Waals surface area contributed by atoms with Crippen LogP contribution in [0.2, 0.25) is 0 Å². The summed E-state index contributed by atoms with van der Waals surface area (Å²) in [6.07, 6.45) is 4.21. The van der Waals surface area contributed by atoms with Gasteiger partial charge < -0.3 is 16.0 Å². The highest BCUT2D eigenvalue weighted by Gasteiger charge is 2.24. The van der Waals surface area contributed by atoms with E-state index < -0.39 is 6.03 Å². The van der Waals surface area contributed by atoms with Gasteiger partial charge in [0.25, 0.3) is 0 Å². The van der Waals surface area contributed by atoms with Crippen LogP contribution in [0, 0.1) is 6.92 Å². The average molecular weight is 317 g/mol. The zero-order valence-corrected chi connectivity index (χ0v) is 13.9. The quantitative estimate of drug-likeness (QED) is 0.791. The van der Waals surface area contributed by atoms with E-state index in [4.69, 9.17) is 5.73 Å². The molecule has 1 aromatic carbocycles. The molecule has 5 heteroatoms. The Morgan fingerprint density at radius 1 is 1.22 bits per heavy atom. The highest BCUT2D eigenvalue weighted by Crippen LogP contribution is 2.30. The Kier molecular flexibility index (Phi) is 6.44. The number of urea groups is 1. The van der Waals surface area contributed by atoms with E-state index in [9.17, 15) is 9.59 Å². The van der Waals surface area contributed by atoms with Crippen LogP contribution in [-0.4, -0.2) is 36.5 Å². The molecule has 5 nitrogen and oxygen atoms in total. The molecular formula is C18H27N3O2. The number of hydrogen-bond donors (Lipinski definition) is 2. The number of rotatable bonds is 6. The van der Waals surface area contributed by atoms with Crippen molar-refractivity contribution in [3.63, 3.8) is 0 Å². The Labute approximate surface area is 138 Å². The van der Waals surface area contributed by atoms with Gasteiger partial charge in [0, 0.05) is 26.1 Å². The van der Waals surface area contributed by atoms with E-state index in [1.165, 1.54) is 11.1 Å². The van der Waals surface area contributed by atoms with Gasteiger partial charge in [-0.15, -0.1) is 0 Å². The second kappa shape index (κ2) is 8.56. The van der Waals surface area contributed by atoms with Gasteiger partial charge in [-0.2, -0.15) is 0 Å². The number of nitrogens with two attached hydrogens (primary N) is 1. The fourth-order valence-corrected chi connectivity index (χ4v) is 3.26. The Hall–Kier alpha value is -2.04. The lowest BCUT2D eigenvalue weighted by Crippen LogP contribution is -2.38. The molecular weight excluding hydrogens is 290 g/mol. The summed E-state index contributed by atoms with van der Waals surface area (Å²) in [6.45, 7) is 4.39. The maximum absolute atomic E-state index is 12.2. The van der Waals surface area contributed by atoms with Crippen molar-refractivity contribution in [2.75, 3.05) is 19.6 Å². The number of carbonyl (C=O) groups excluding carboxylic acids is 2. The third-order valence-corrected chi connectivity index (χ3v) is 4.59. The van der Waals surface area contributed by atoms with Gasteiger partial charge in [-0.05, 0) is 49.7 Å². The summed E-state index contributed by atoms with van der Waals surface area (Å²) >= 11 is 0. The van der Waals surface area contributed by atoms with E-state index >= 15 is 0 Å². The number of primary amides is 1. The molecule has 0 spiro atoms. The van der Waals surface area contributed by atoms with Gasteiger partial charge in [-0.25, -0.2) is 4.79 Å². The third kappa shape index (κ3) is 5.27. The van der Waals surface area contributed by atoms with E-state index in [0.717, 1.165) is 38.8 Å². The number of unbranched alkanes of at least 4 members (excludes halogenated alkanes) is 1. The van der Waals surface area contributed by atoms with E-state index in [1.807, 2.05) is 4.90 Å². The molecule has 1 saturated heterocycles. The molecule has 1 heterocycles. The minimum absolute atomic E-state index is 0.229. The summed E-state index contributed by atoms with van der Waals surface area (Å²) < 4.78 is 0. The van der Waals surface area contributed by atoms with Crippen LogP contribution < -0.4 is 11.1 Å². The lowest BCUT2D eigenvalue weighted by Gasteiger charge is -2.33. The molecule has 2 rings (SSSR count). The summed E-state index contributed by atoms with van der Waals surface area (Å²) in [7, 11) is 0. The number of amides is 3. The molecule has 1 aliphatic rings. The van der Waals surface area contributed by atoms with Gasteiger partial charge in [0.2, 0.25) is 5.91 Å². The monoisotopic (exact) mass is 317 g/mol. The van der Waals surface area contributed by atoms with Gasteiger partial charge >= 0.3 is 6.03 Å². The Morgan fingerprint density at radius 3 is 2.57 bits per heavy atom. The molecule has 0 aromatic heterocycles. The van der Waals surface area contributed by atoms with Gasteiger partial charge in [0.15, 0.2) is 0 Å². The third-order valence-electron chi connectivity index (χ3n) is 4.59. The fourth-order valence-electron chi connectivity index (χ4n) is 3.26. The Morgan fingerprint density at radius 2 is 1.91 bits per heavy atom. The second-order valence-corrected chi connectivity index (χ2v) is 6.26. The maximum atomic E-state index is 12.2. The summed E-state index contributed by atoms with van der Waals surface area (Å²) in [5.74, 6) is 0.798. The van der Waals surface area contributed by atoms with Gasteiger partial charge in [-0.1, -0.05) is 24.3 Å². The van der Waals surface area contributed by atoms with E-state index in [0.29, 0.717) is 18.9 Å². The Bertz CT molecular complexity index is 537. The molecule has 1 aromatic rings. The first-order valence-corrected chi connectivity index (χ1v) is 8.44. The number of nitrogens with zero attached hydrogens (tertiary/aromatic N) is 1. The first-order chi connectivity index (χ1) is 11.1. The maximum Gasteiger partial charge on any atom is 0.312 e. The molecule has 0 saturated carbocycles. The molecule has 126 valence electrons. The topological polar surface area (TPSA) is 75.4 Å². The molecule has 3 N–H and O–H groups in total. The van der Waals surface area contributed by atoms with Crippen molar-refractivity contribution in [3.05, 3.63) is 35.4 Å². The van der Waals surface area contributed by atoms with Gasteiger partial charge in [-0.3, -0.25) is 4.79 Å². The molecule has 1 fully saturated rings. The van der Waals surface area contributed by atoms with Crippen molar-refractivity contribution in [1.29, 1.82) is 0 Å². The molecule has 0 radical (unpaired) electrons. The summed E-state index contributed by atoms with van der Waals surface area (Å²) in [5.41, 5.74) is 7.77. The number of likely N-dealkylation sites (tertiary alicyclic amines) is 1. The van der Waals surface area contributed by atoms with Crippen LogP contribution in [0.25, 0.3) is 0 Å². The number of piperidine rings is 1. The van der Waals surface area contributed by atoms with Gasteiger partial charge in [0.1, 0.15) is 0 Å². The van der Waals surface area contributed by atoms with Crippen molar-refractivity contribution in [2.24, 2.45) is 5.73 Å². The molecule has 0 aliphatic carbocycles. The highest BCUT2D eigenvalue weighted by molar-refractivity contribution is 5.76. The van der Waals surface area contributed by atoms with E-state index in [2.05, 4.69) is 36.5 Å². The number of nitrogens with one attached hydrogen (secondary N) is 1. The minimum Gasteiger partial charge on any atom is -0.352 e. The molecule has 0 atom stereocenters. The van der Waals surface area contributed by atoms with Crippen molar-refractivity contribution in [1.82, 2.24) is 10.2 Å². The summed E-state index contributed by atoms with van der Waals surface area (Å²) in [4.78, 5) is 24.8. The molecule has 3 amide bonds. The van der Waals surface area contributed by atoms with E-state index in [-0.39, 0.29) is 5.91 Å². The first kappa shape index (κ1) is 17.3. The van der Waals surface area contributed by atoms with Crippen molar-refractivity contribution in [2.45, 2.75) is 44.9 Å². The largest absolute Gasteiger partial charge is 0.352 e. The lowest BCUT2D eigenvalue weighted by atomic mass is 9.87. The summed E-state index contributed by atoms with van der Waals surface area (Å²) in [5, 5.41) is 2.54.